The first-order valence-electron chi connectivity index (χ1n) is 2.97. The van der Waals surface area contributed by atoms with Crippen LogP contribution in [0.25, 0.3) is 0 Å². The molecule has 0 N–H and O–H groups in total. The molecule has 8 heavy (non-hydrogen) atoms. The standard InChI is InChI=1S/C7H14N/c1-4-7-8(5-2)6-3/h4H,1-2,5-7H2,3H3/q+1. The van der Waals surface area contributed by atoms with Gasteiger partial charge in [-0.2, -0.15) is 0 Å². The van der Waals surface area contributed by atoms with Gasteiger partial charge < -0.3 is 0 Å². The molecular formula is C7H14N+. The second kappa shape index (κ2) is 4.72. The van der Waals surface area contributed by atoms with Crippen molar-refractivity contribution in [3.05, 3.63) is 19.6 Å². The van der Waals surface area contributed by atoms with Gasteiger partial charge in [0, 0.05) is 6.54 Å². The molecule has 0 heterocycles. The Morgan fingerprint density at radius 3 is 2.50 bits per heavy atom. The highest BCUT2D eigenvalue weighted by atomic mass is 15.1. The molecule has 1 heteroatoms. The van der Waals surface area contributed by atoms with E-state index in [9.17, 15) is 0 Å². The molecule has 0 rings (SSSR count). The van der Waals surface area contributed by atoms with Gasteiger partial charge in [-0.1, -0.05) is 13.0 Å². The lowest BCUT2D eigenvalue weighted by Gasteiger charge is -2.09. The molecule has 0 radical (unpaired) electrons. The first-order chi connectivity index (χ1) is 3.85. The van der Waals surface area contributed by atoms with Gasteiger partial charge in [0.1, 0.15) is 6.54 Å². The summed E-state index contributed by atoms with van der Waals surface area (Å²) in [4.78, 5) is 2.20. The van der Waals surface area contributed by atoms with Crippen LogP contribution < -0.4 is 0 Å². The van der Waals surface area contributed by atoms with Crippen LogP contribution in [-0.2, 0) is 0 Å². The van der Waals surface area contributed by atoms with Crippen molar-refractivity contribution >= 4 is 0 Å². The van der Waals surface area contributed by atoms with Crippen molar-refractivity contribution in [3.63, 3.8) is 0 Å². The van der Waals surface area contributed by atoms with Gasteiger partial charge in [0.15, 0.2) is 0 Å². The van der Waals surface area contributed by atoms with Gasteiger partial charge in [0.05, 0.1) is 6.92 Å². The average molecular weight is 112 g/mol. The molecule has 0 amide bonds. The molecular weight excluding hydrogens is 98.1 g/mol. The SMILES string of the molecule is C=CCN(C[CH2+])CC. The van der Waals surface area contributed by atoms with Crippen molar-refractivity contribution in [1.29, 1.82) is 0 Å². The summed E-state index contributed by atoms with van der Waals surface area (Å²) in [5.41, 5.74) is 0. The molecule has 1 nitrogen and oxygen atoms in total. The molecule has 0 aliphatic carbocycles. The lowest BCUT2D eigenvalue weighted by Crippen LogP contribution is -2.22. The zero-order valence-corrected chi connectivity index (χ0v) is 5.56. The Morgan fingerprint density at radius 2 is 2.38 bits per heavy atom. The quantitative estimate of drug-likeness (QED) is 0.391. The molecule has 0 fully saturated rings. The smallest absolute Gasteiger partial charge is 0.139 e. The van der Waals surface area contributed by atoms with Crippen molar-refractivity contribution in [3.8, 4) is 0 Å². The fourth-order valence-electron chi connectivity index (χ4n) is 0.561. The van der Waals surface area contributed by atoms with Gasteiger partial charge in [-0.15, -0.1) is 6.58 Å². The molecule has 0 atom stereocenters. The van der Waals surface area contributed by atoms with Gasteiger partial charge in [0.25, 0.3) is 0 Å². The van der Waals surface area contributed by atoms with Crippen LogP contribution in [-0.4, -0.2) is 24.5 Å². The first kappa shape index (κ1) is 7.57. The number of nitrogens with zero attached hydrogens (tertiary/aromatic N) is 1. The van der Waals surface area contributed by atoms with Crippen LogP contribution in [0.5, 0.6) is 0 Å². The van der Waals surface area contributed by atoms with Crippen molar-refractivity contribution in [2.45, 2.75) is 6.92 Å². The third-order valence-corrected chi connectivity index (χ3v) is 1.15. The Labute approximate surface area is 52.0 Å². The van der Waals surface area contributed by atoms with E-state index in [1.54, 1.807) is 0 Å². The molecule has 0 bridgehead atoms. The molecule has 0 saturated carbocycles. The van der Waals surface area contributed by atoms with Crippen LogP contribution in [0.2, 0.25) is 0 Å². The molecule has 0 aliphatic heterocycles. The normalized spacial score (nSPS) is 9.75. The van der Waals surface area contributed by atoms with E-state index in [0.29, 0.717) is 0 Å². The lowest BCUT2D eigenvalue weighted by molar-refractivity contribution is 0.353. The van der Waals surface area contributed by atoms with Gasteiger partial charge in [0.2, 0.25) is 0 Å². The van der Waals surface area contributed by atoms with E-state index in [0.717, 1.165) is 19.6 Å². The molecule has 46 valence electrons. The topological polar surface area (TPSA) is 3.24 Å². The van der Waals surface area contributed by atoms with Crippen LogP contribution in [0.4, 0.5) is 0 Å². The second-order valence-electron chi connectivity index (χ2n) is 1.68. The summed E-state index contributed by atoms with van der Waals surface area (Å²) in [5.74, 6) is 0. The number of hydrogen-bond acceptors (Lipinski definition) is 1. The van der Waals surface area contributed by atoms with Crippen molar-refractivity contribution in [2.24, 2.45) is 0 Å². The molecule has 0 spiro atoms. The summed E-state index contributed by atoms with van der Waals surface area (Å²) < 4.78 is 0. The number of hydrogen-bond donors (Lipinski definition) is 0. The highest BCUT2D eigenvalue weighted by molar-refractivity contribution is 4.72. The van der Waals surface area contributed by atoms with E-state index in [1.165, 1.54) is 0 Å². The fraction of sp³-hybridized carbons (Fsp3) is 0.571. The minimum Gasteiger partial charge on any atom is -0.262 e. The molecule has 0 aromatic carbocycles. The Bertz CT molecular complexity index is 55.4. The van der Waals surface area contributed by atoms with Crippen molar-refractivity contribution in [2.75, 3.05) is 19.6 Å². The van der Waals surface area contributed by atoms with Crippen molar-refractivity contribution in [1.82, 2.24) is 4.90 Å². The summed E-state index contributed by atoms with van der Waals surface area (Å²) >= 11 is 0. The summed E-state index contributed by atoms with van der Waals surface area (Å²) in [6.07, 6.45) is 1.90. The van der Waals surface area contributed by atoms with Crippen LogP contribution in [0.1, 0.15) is 6.92 Å². The van der Waals surface area contributed by atoms with Gasteiger partial charge in [-0.3, -0.25) is 4.90 Å². The Hall–Kier alpha value is -0.430. The van der Waals surface area contributed by atoms with E-state index in [2.05, 4.69) is 25.3 Å². The third kappa shape index (κ3) is 2.69. The molecule has 0 aromatic heterocycles. The highest BCUT2D eigenvalue weighted by Gasteiger charge is 1.95. The fourth-order valence-corrected chi connectivity index (χ4v) is 0.561. The molecule has 0 aliphatic rings. The van der Waals surface area contributed by atoms with Crippen molar-refractivity contribution < 1.29 is 0 Å². The maximum Gasteiger partial charge on any atom is 0.139 e. The summed E-state index contributed by atoms with van der Waals surface area (Å²) in [6.45, 7) is 12.4. The number of rotatable bonds is 4. The zero-order valence-electron chi connectivity index (χ0n) is 5.56. The maximum atomic E-state index is 3.75. The Balaban J connectivity index is 3.20. The van der Waals surface area contributed by atoms with E-state index in [1.807, 2.05) is 6.08 Å². The first-order valence-corrected chi connectivity index (χ1v) is 2.97. The molecule has 0 aromatic rings. The largest absolute Gasteiger partial charge is 0.262 e. The van der Waals surface area contributed by atoms with Gasteiger partial charge in [-0.25, -0.2) is 0 Å². The predicted octanol–water partition coefficient (Wildman–Crippen LogP) is 1.33. The van der Waals surface area contributed by atoms with Gasteiger partial charge in [-0.05, 0) is 6.54 Å². The summed E-state index contributed by atoms with van der Waals surface area (Å²) in [6, 6.07) is 0. The zero-order chi connectivity index (χ0) is 6.41. The Kier molecular flexibility index (Phi) is 4.47. The number of likely N-dealkylation sites (N-methyl/N-ethyl adjacent to an activating group) is 1. The van der Waals surface area contributed by atoms with E-state index >= 15 is 0 Å². The van der Waals surface area contributed by atoms with E-state index in [4.69, 9.17) is 0 Å². The summed E-state index contributed by atoms with van der Waals surface area (Å²) in [7, 11) is 0. The minimum absolute atomic E-state index is 0.878. The minimum atomic E-state index is 0.878. The molecule has 0 unspecified atom stereocenters. The molecule has 0 saturated heterocycles. The van der Waals surface area contributed by atoms with Gasteiger partial charge >= 0.3 is 0 Å². The van der Waals surface area contributed by atoms with Crippen LogP contribution in [0.15, 0.2) is 12.7 Å². The predicted molar refractivity (Wildman–Crippen MR) is 37.7 cm³/mol. The lowest BCUT2D eigenvalue weighted by atomic mass is 10.5. The maximum absolute atomic E-state index is 3.75. The van der Waals surface area contributed by atoms with Crippen LogP contribution >= 0.6 is 0 Å². The monoisotopic (exact) mass is 112 g/mol. The Morgan fingerprint density at radius 1 is 1.75 bits per heavy atom. The van der Waals surface area contributed by atoms with Crippen LogP contribution in [0, 0.1) is 6.92 Å². The highest BCUT2D eigenvalue weighted by Crippen LogP contribution is 1.83. The third-order valence-electron chi connectivity index (χ3n) is 1.15. The second-order valence-corrected chi connectivity index (χ2v) is 1.68. The average Bonchev–Trinajstić information content (AvgIpc) is 1.83. The van der Waals surface area contributed by atoms with E-state index in [-0.39, 0.29) is 0 Å². The van der Waals surface area contributed by atoms with E-state index < -0.39 is 0 Å². The summed E-state index contributed by atoms with van der Waals surface area (Å²) in [5, 5.41) is 0. The van der Waals surface area contributed by atoms with Crippen LogP contribution in [0.3, 0.4) is 0 Å².